The molecule has 0 bridgehead atoms. The number of hydrogen-bond acceptors (Lipinski definition) is 4. The van der Waals surface area contributed by atoms with Gasteiger partial charge in [0, 0.05) is 53.0 Å². The molecule has 0 saturated carbocycles. The molecule has 6 heteroatoms. The summed E-state index contributed by atoms with van der Waals surface area (Å²) in [6.45, 7) is 0. The highest BCUT2D eigenvalue weighted by Crippen LogP contribution is 2.47. The minimum atomic E-state index is -0.320. The van der Waals surface area contributed by atoms with Gasteiger partial charge in [0.2, 0.25) is 5.96 Å². The zero-order valence-electron chi connectivity index (χ0n) is 30.7. The molecule has 12 rings (SSSR count). The molecule has 1 N–H and O–H groups in total. The molecule has 1 aliphatic heterocycles. The minimum Gasteiger partial charge on any atom is -0.330 e. The minimum absolute atomic E-state index is 0.320. The van der Waals surface area contributed by atoms with Crippen LogP contribution in [0.4, 0.5) is 0 Å². The molecule has 0 aliphatic carbocycles. The van der Waals surface area contributed by atoms with E-state index in [-0.39, 0.29) is 6.17 Å². The van der Waals surface area contributed by atoms with Gasteiger partial charge >= 0.3 is 0 Å². The van der Waals surface area contributed by atoms with Crippen LogP contribution < -0.4 is 5.32 Å². The number of rotatable bonds is 4. The molecule has 0 saturated heterocycles. The molecule has 4 heterocycles. The second kappa shape index (κ2) is 12.6. The Morgan fingerprint density at radius 1 is 0.456 bits per heavy atom. The number of fused-ring (bicyclic) bond motifs is 11. The average Bonchev–Trinajstić information content (AvgIpc) is 3.95. The summed E-state index contributed by atoms with van der Waals surface area (Å²) in [5, 5.41) is 11.2. The average molecular weight is 748 g/mol. The molecular formula is C51H33N5S. The highest BCUT2D eigenvalue weighted by Gasteiger charge is 2.27. The molecule has 268 valence electrons. The van der Waals surface area contributed by atoms with Crippen molar-refractivity contribution in [1.29, 1.82) is 0 Å². The summed E-state index contributed by atoms with van der Waals surface area (Å²) in [4.78, 5) is 10.5. The molecule has 0 radical (unpaired) electrons. The molecule has 1 unspecified atom stereocenters. The van der Waals surface area contributed by atoms with Gasteiger partial charge in [-0.3, -0.25) is 4.57 Å². The first-order valence-electron chi connectivity index (χ1n) is 19.3. The molecular weight excluding hydrogens is 715 g/mol. The Kier molecular flexibility index (Phi) is 7.09. The largest absolute Gasteiger partial charge is 0.330 e. The fourth-order valence-corrected chi connectivity index (χ4v) is 10.0. The first-order chi connectivity index (χ1) is 28.3. The maximum absolute atomic E-state index is 5.35. The maximum Gasteiger partial charge on any atom is 0.211 e. The lowest BCUT2D eigenvalue weighted by atomic mass is 10.0. The van der Waals surface area contributed by atoms with Crippen molar-refractivity contribution in [2.24, 2.45) is 9.98 Å². The first-order valence-corrected chi connectivity index (χ1v) is 20.1. The van der Waals surface area contributed by atoms with Gasteiger partial charge in [-0.2, -0.15) is 4.99 Å². The second-order valence-electron chi connectivity index (χ2n) is 14.6. The fraction of sp³-hybridized carbons (Fsp3) is 0.0196. The Morgan fingerprint density at radius 2 is 1.09 bits per heavy atom. The summed E-state index contributed by atoms with van der Waals surface area (Å²) < 4.78 is 7.30. The Bertz CT molecular complexity index is 3430. The number of aliphatic imine (C=N–C) groups is 2. The highest BCUT2D eigenvalue weighted by atomic mass is 32.1. The van der Waals surface area contributed by atoms with Crippen LogP contribution in [0.15, 0.2) is 198 Å². The van der Waals surface area contributed by atoms with Crippen LogP contribution in [0.2, 0.25) is 0 Å². The summed E-state index contributed by atoms with van der Waals surface area (Å²) in [6.07, 6.45) is -0.320. The van der Waals surface area contributed by atoms with E-state index in [2.05, 4.69) is 178 Å². The third-order valence-corrected chi connectivity index (χ3v) is 12.5. The van der Waals surface area contributed by atoms with E-state index in [0.29, 0.717) is 5.84 Å². The molecule has 0 fully saturated rings. The van der Waals surface area contributed by atoms with Gasteiger partial charge in [-0.15, -0.1) is 11.3 Å². The van der Waals surface area contributed by atoms with Gasteiger partial charge in [0.15, 0.2) is 5.84 Å². The molecule has 1 atom stereocenters. The van der Waals surface area contributed by atoms with Gasteiger partial charge in [0.1, 0.15) is 6.17 Å². The van der Waals surface area contributed by atoms with Crippen molar-refractivity contribution in [2.75, 3.05) is 0 Å². The van der Waals surface area contributed by atoms with Gasteiger partial charge < -0.3 is 9.88 Å². The summed E-state index contributed by atoms with van der Waals surface area (Å²) in [5.41, 5.74) is 10.2. The van der Waals surface area contributed by atoms with E-state index in [9.17, 15) is 0 Å². The van der Waals surface area contributed by atoms with Crippen molar-refractivity contribution in [3.05, 3.63) is 199 Å². The van der Waals surface area contributed by atoms with Crippen LogP contribution in [0.3, 0.4) is 0 Å². The summed E-state index contributed by atoms with van der Waals surface area (Å²) >= 11 is 1.86. The zero-order valence-corrected chi connectivity index (χ0v) is 31.5. The molecule has 8 aromatic carbocycles. The Hall–Kier alpha value is -7.28. The lowest BCUT2D eigenvalue weighted by Crippen LogP contribution is -2.37. The quantitative estimate of drug-likeness (QED) is 0.191. The lowest BCUT2D eigenvalue weighted by molar-refractivity contribution is 0.661. The third-order valence-electron chi connectivity index (χ3n) is 11.4. The standard InChI is InChI=1S/C51H33N5S/c1-4-15-32(16-5-1)35-21-14-22-36(31-35)55-41-26-13-11-24-39(41)45-42(55)28-30-43-46(45)47-44(57-43)29-27-38-37-23-10-12-25-40(37)56(48(38)47)51-53-49(33-17-6-2-7-18-33)52-50(54-51)34-19-8-3-9-20-34/h1-31,49H,(H,52,53,54). The Labute approximate surface area is 332 Å². The van der Waals surface area contributed by atoms with E-state index < -0.39 is 0 Å². The zero-order chi connectivity index (χ0) is 37.5. The van der Waals surface area contributed by atoms with Crippen molar-refractivity contribution < 1.29 is 0 Å². The predicted octanol–water partition coefficient (Wildman–Crippen LogP) is 12.9. The fourth-order valence-electron chi connectivity index (χ4n) is 8.88. The molecule has 5 nitrogen and oxygen atoms in total. The summed E-state index contributed by atoms with van der Waals surface area (Å²) in [7, 11) is 0. The van der Waals surface area contributed by atoms with Crippen LogP contribution in [0.5, 0.6) is 0 Å². The van der Waals surface area contributed by atoms with Crippen molar-refractivity contribution in [1.82, 2.24) is 14.5 Å². The first kappa shape index (κ1) is 32.0. The monoisotopic (exact) mass is 747 g/mol. The summed E-state index contributed by atoms with van der Waals surface area (Å²) in [5.74, 6) is 1.46. The van der Waals surface area contributed by atoms with E-state index in [1.54, 1.807) is 0 Å². The number of nitrogens with zero attached hydrogens (tertiary/aromatic N) is 4. The van der Waals surface area contributed by atoms with Crippen molar-refractivity contribution in [3.8, 4) is 16.8 Å². The van der Waals surface area contributed by atoms with E-state index >= 15 is 0 Å². The lowest BCUT2D eigenvalue weighted by Gasteiger charge is -2.25. The number of benzene rings is 8. The Balaban J connectivity index is 1.18. The number of para-hydroxylation sites is 2. The van der Waals surface area contributed by atoms with E-state index in [0.717, 1.165) is 33.8 Å². The van der Waals surface area contributed by atoms with Crippen LogP contribution in [0.1, 0.15) is 17.3 Å². The molecule has 57 heavy (non-hydrogen) atoms. The van der Waals surface area contributed by atoms with Crippen molar-refractivity contribution >= 4 is 86.9 Å². The SMILES string of the molecule is c1ccc(C2=NC(c3ccccc3)NC(n3c4ccccc4c4ccc5sc6ccc7c(c8ccccc8n7-c7cccc(-c8ccccc8)c7)c6c5c43)=N2)cc1. The molecule has 1 aliphatic rings. The normalized spacial score (nSPS) is 14.5. The number of aromatic nitrogens is 2. The highest BCUT2D eigenvalue weighted by molar-refractivity contribution is 7.26. The Morgan fingerprint density at radius 3 is 1.88 bits per heavy atom. The van der Waals surface area contributed by atoms with Gasteiger partial charge in [0.05, 0.1) is 22.1 Å². The van der Waals surface area contributed by atoms with Crippen LogP contribution in [0, 0.1) is 0 Å². The van der Waals surface area contributed by atoms with E-state index in [4.69, 9.17) is 9.98 Å². The van der Waals surface area contributed by atoms with Crippen LogP contribution in [-0.4, -0.2) is 20.9 Å². The molecule has 3 aromatic heterocycles. The molecule has 11 aromatic rings. The van der Waals surface area contributed by atoms with Gasteiger partial charge in [-0.05, 0) is 59.2 Å². The maximum atomic E-state index is 5.35. The van der Waals surface area contributed by atoms with Crippen molar-refractivity contribution in [2.45, 2.75) is 6.17 Å². The van der Waals surface area contributed by atoms with Gasteiger partial charge in [0.25, 0.3) is 0 Å². The van der Waals surface area contributed by atoms with E-state index in [1.807, 2.05) is 35.6 Å². The van der Waals surface area contributed by atoms with Crippen LogP contribution in [-0.2, 0) is 0 Å². The number of amidine groups is 1. The van der Waals surface area contributed by atoms with Gasteiger partial charge in [-0.1, -0.05) is 146 Å². The number of hydrogen-bond donors (Lipinski definition) is 1. The van der Waals surface area contributed by atoms with Crippen molar-refractivity contribution in [3.63, 3.8) is 0 Å². The molecule has 0 amide bonds. The second-order valence-corrected chi connectivity index (χ2v) is 15.7. The predicted molar refractivity (Wildman–Crippen MR) is 240 cm³/mol. The van der Waals surface area contributed by atoms with Gasteiger partial charge in [-0.25, -0.2) is 4.99 Å². The summed E-state index contributed by atoms with van der Waals surface area (Å²) in [6, 6.07) is 67.1. The van der Waals surface area contributed by atoms with Crippen LogP contribution in [0.25, 0.3) is 80.6 Å². The smallest absolute Gasteiger partial charge is 0.211 e. The number of thiophene rings is 1. The topological polar surface area (TPSA) is 46.6 Å². The third kappa shape index (κ3) is 4.94. The van der Waals surface area contributed by atoms with Crippen LogP contribution >= 0.6 is 11.3 Å². The molecule has 0 spiro atoms. The van der Waals surface area contributed by atoms with E-state index in [1.165, 1.54) is 63.9 Å². The number of nitrogens with one attached hydrogen (secondary N) is 1.